The fourth-order valence-corrected chi connectivity index (χ4v) is 4.08. The molecule has 2 aromatic carbocycles. The van der Waals surface area contributed by atoms with E-state index < -0.39 is 14.9 Å². The van der Waals surface area contributed by atoms with Crippen LogP contribution in [0.25, 0.3) is 0 Å². The molecule has 2 aromatic rings. The van der Waals surface area contributed by atoms with Gasteiger partial charge in [-0.25, -0.2) is 13.1 Å². The fourth-order valence-electron chi connectivity index (χ4n) is 3.04. The fraction of sp³-hybridized carbons (Fsp3) is 0.333. The summed E-state index contributed by atoms with van der Waals surface area (Å²) >= 11 is 0. The number of piperazine rings is 1. The summed E-state index contributed by atoms with van der Waals surface area (Å²) in [6.45, 7) is 4.20. The van der Waals surface area contributed by atoms with Gasteiger partial charge in [0.2, 0.25) is 10.0 Å². The normalized spacial score (nSPS) is 15.6. The first kappa shape index (κ1) is 19.3. The molecule has 0 amide bonds. The maximum Gasteiger partial charge on any atom is 0.269 e. The summed E-state index contributed by atoms with van der Waals surface area (Å²) < 4.78 is 27.0. The summed E-state index contributed by atoms with van der Waals surface area (Å²) in [4.78, 5) is 15.0. The third kappa shape index (κ3) is 5.03. The standard InChI is InChI=1S/C18H22N4O4S/c23-22(24)17-8-6-16(7-9-17)21-14-12-20(13-15-21)11-10-19-27(25,26)18-4-2-1-3-5-18/h1-9,19H,10-15H2. The number of nitro groups is 1. The number of hydrogen-bond acceptors (Lipinski definition) is 6. The highest BCUT2D eigenvalue weighted by Crippen LogP contribution is 2.20. The minimum absolute atomic E-state index is 0.0862. The van der Waals surface area contributed by atoms with Crippen LogP contribution in [-0.2, 0) is 10.0 Å². The third-order valence-electron chi connectivity index (χ3n) is 4.57. The highest BCUT2D eigenvalue weighted by atomic mass is 32.2. The lowest BCUT2D eigenvalue weighted by atomic mass is 10.2. The lowest BCUT2D eigenvalue weighted by Gasteiger charge is -2.36. The first-order chi connectivity index (χ1) is 13.0. The maximum absolute atomic E-state index is 12.2. The zero-order valence-electron chi connectivity index (χ0n) is 14.8. The van der Waals surface area contributed by atoms with Crippen molar-refractivity contribution in [2.75, 3.05) is 44.2 Å². The average Bonchev–Trinajstić information content (AvgIpc) is 2.69. The topological polar surface area (TPSA) is 95.8 Å². The van der Waals surface area contributed by atoms with Gasteiger partial charge in [0.15, 0.2) is 0 Å². The Kier molecular flexibility index (Phi) is 6.04. The van der Waals surface area contributed by atoms with Crippen LogP contribution >= 0.6 is 0 Å². The summed E-state index contributed by atoms with van der Waals surface area (Å²) in [5.41, 5.74) is 1.05. The van der Waals surface area contributed by atoms with E-state index in [1.807, 2.05) is 0 Å². The Hall–Kier alpha value is -2.49. The van der Waals surface area contributed by atoms with Gasteiger partial charge in [-0.2, -0.15) is 0 Å². The Labute approximate surface area is 158 Å². The average molecular weight is 390 g/mol. The van der Waals surface area contributed by atoms with Crippen molar-refractivity contribution in [1.82, 2.24) is 9.62 Å². The molecule has 0 bridgehead atoms. The van der Waals surface area contributed by atoms with E-state index >= 15 is 0 Å². The first-order valence-electron chi connectivity index (χ1n) is 8.72. The minimum Gasteiger partial charge on any atom is -0.369 e. The summed E-state index contributed by atoms with van der Waals surface area (Å²) in [7, 11) is -3.47. The van der Waals surface area contributed by atoms with Crippen molar-refractivity contribution < 1.29 is 13.3 Å². The van der Waals surface area contributed by atoms with Crippen LogP contribution in [-0.4, -0.2) is 57.5 Å². The molecular weight excluding hydrogens is 368 g/mol. The molecule has 9 heteroatoms. The van der Waals surface area contributed by atoms with Crippen molar-refractivity contribution in [3.05, 3.63) is 64.7 Å². The van der Waals surface area contributed by atoms with Crippen LogP contribution in [0.1, 0.15) is 0 Å². The van der Waals surface area contributed by atoms with Crippen LogP contribution in [0.5, 0.6) is 0 Å². The lowest BCUT2D eigenvalue weighted by molar-refractivity contribution is -0.384. The van der Waals surface area contributed by atoms with Gasteiger partial charge in [-0.15, -0.1) is 0 Å². The molecule has 0 aromatic heterocycles. The van der Waals surface area contributed by atoms with Crippen LogP contribution < -0.4 is 9.62 Å². The number of non-ortho nitro benzene ring substituents is 1. The van der Waals surface area contributed by atoms with E-state index in [0.717, 1.165) is 31.9 Å². The molecule has 3 rings (SSSR count). The smallest absolute Gasteiger partial charge is 0.269 e. The number of nitrogens with zero attached hydrogens (tertiary/aromatic N) is 3. The molecule has 1 aliphatic rings. The maximum atomic E-state index is 12.2. The zero-order chi connectivity index (χ0) is 19.3. The number of rotatable bonds is 7. The first-order valence-corrected chi connectivity index (χ1v) is 10.2. The monoisotopic (exact) mass is 390 g/mol. The van der Waals surface area contributed by atoms with Crippen LogP contribution in [0.15, 0.2) is 59.5 Å². The van der Waals surface area contributed by atoms with Crippen molar-refractivity contribution in [2.24, 2.45) is 0 Å². The molecule has 27 heavy (non-hydrogen) atoms. The summed E-state index contributed by atoms with van der Waals surface area (Å²) in [6, 6.07) is 14.9. The van der Waals surface area contributed by atoms with Gasteiger partial charge >= 0.3 is 0 Å². The molecule has 0 radical (unpaired) electrons. The van der Waals surface area contributed by atoms with E-state index in [1.54, 1.807) is 42.5 Å². The Bertz CT molecular complexity index is 864. The summed E-state index contributed by atoms with van der Waals surface area (Å²) in [5, 5.41) is 10.7. The molecular formula is C18H22N4O4S. The summed E-state index contributed by atoms with van der Waals surface area (Å²) in [6.07, 6.45) is 0. The molecule has 0 saturated carbocycles. The molecule has 0 unspecified atom stereocenters. The zero-order valence-corrected chi connectivity index (χ0v) is 15.6. The molecule has 1 heterocycles. The van der Waals surface area contributed by atoms with Crippen LogP contribution in [0.2, 0.25) is 0 Å². The molecule has 1 N–H and O–H groups in total. The quantitative estimate of drug-likeness (QED) is 0.571. The number of anilines is 1. The number of sulfonamides is 1. The van der Waals surface area contributed by atoms with E-state index in [2.05, 4.69) is 14.5 Å². The van der Waals surface area contributed by atoms with Crippen molar-refractivity contribution in [3.8, 4) is 0 Å². The number of hydrogen-bond donors (Lipinski definition) is 1. The van der Waals surface area contributed by atoms with E-state index in [-0.39, 0.29) is 10.6 Å². The van der Waals surface area contributed by atoms with E-state index in [0.29, 0.717) is 13.1 Å². The van der Waals surface area contributed by atoms with Crippen molar-refractivity contribution in [3.63, 3.8) is 0 Å². The second kappa shape index (κ2) is 8.47. The Morgan fingerprint density at radius 2 is 1.59 bits per heavy atom. The SMILES string of the molecule is O=[N+]([O-])c1ccc(N2CCN(CCNS(=O)(=O)c3ccccc3)CC2)cc1. The molecule has 1 fully saturated rings. The van der Waals surface area contributed by atoms with Gasteiger partial charge < -0.3 is 4.90 Å². The van der Waals surface area contributed by atoms with Crippen LogP contribution in [0.4, 0.5) is 11.4 Å². The van der Waals surface area contributed by atoms with Crippen molar-refractivity contribution >= 4 is 21.4 Å². The summed E-state index contributed by atoms with van der Waals surface area (Å²) in [5.74, 6) is 0. The van der Waals surface area contributed by atoms with Gasteiger partial charge in [0, 0.05) is 57.1 Å². The molecule has 0 atom stereocenters. The second-order valence-corrected chi connectivity index (χ2v) is 8.08. The van der Waals surface area contributed by atoms with Crippen molar-refractivity contribution in [1.29, 1.82) is 0 Å². The van der Waals surface area contributed by atoms with E-state index in [4.69, 9.17) is 0 Å². The highest BCUT2D eigenvalue weighted by molar-refractivity contribution is 7.89. The predicted molar refractivity (Wildman–Crippen MR) is 103 cm³/mol. The molecule has 0 aliphatic carbocycles. The Morgan fingerprint density at radius 1 is 0.963 bits per heavy atom. The minimum atomic E-state index is -3.47. The highest BCUT2D eigenvalue weighted by Gasteiger charge is 2.19. The molecule has 1 aliphatic heterocycles. The van der Waals surface area contributed by atoms with Crippen molar-refractivity contribution in [2.45, 2.75) is 4.90 Å². The number of nitro benzene ring substituents is 1. The Balaban J connectivity index is 1.45. The van der Waals surface area contributed by atoms with Gasteiger partial charge in [0.25, 0.3) is 5.69 Å². The van der Waals surface area contributed by atoms with Gasteiger partial charge in [-0.1, -0.05) is 18.2 Å². The van der Waals surface area contributed by atoms with Gasteiger partial charge in [0.05, 0.1) is 9.82 Å². The Morgan fingerprint density at radius 3 is 2.19 bits per heavy atom. The molecule has 8 nitrogen and oxygen atoms in total. The largest absolute Gasteiger partial charge is 0.369 e. The lowest BCUT2D eigenvalue weighted by Crippen LogP contribution is -2.48. The van der Waals surface area contributed by atoms with Gasteiger partial charge in [-0.05, 0) is 24.3 Å². The van der Waals surface area contributed by atoms with Crippen LogP contribution in [0.3, 0.4) is 0 Å². The molecule has 0 spiro atoms. The predicted octanol–water partition coefficient (Wildman–Crippen LogP) is 1.70. The number of benzene rings is 2. The van der Waals surface area contributed by atoms with Crippen LogP contribution in [0, 0.1) is 10.1 Å². The van der Waals surface area contributed by atoms with Gasteiger partial charge in [0.1, 0.15) is 0 Å². The van der Waals surface area contributed by atoms with E-state index in [1.165, 1.54) is 12.1 Å². The molecule has 1 saturated heterocycles. The van der Waals surface area contributed by atoms with Gasteiger partial charge in [-0.3, -0.25) is 15.0 Å². The van der Waals surface area contributed by atoms with E-state index in [9.17, 15) is 18.5 Å². The number of nitrogens with one attached hydrogen (secondary N) is 1. The second-order valence-electron chi connectivity index (χ2n) is 6.31. The molecule has 144 valence electrons. The third-order valence-corrected chi connectivity index (χ3v) is 6.05.